The predicted molar refractivity (Wildman–Crippen MR) is 115 cm³/mol. The second kappa shape index (κ2) is 10.9. The maximum atomic E-state index is 13.2. The van der Waals surface area contributed by atoms with Crippen LogP contribution in [0.15, 0.2) is 12.2 Å². The van der Waals surface area contributed by atoms with Crippen LogP contribution in [0, 0.1) is 5.92 Å². The number of nitrogens with zero attached hydrogens (tertiary/aromatic N) is 1. The van der Waals surface area contributed by atoms with Gasteiger partial charge in [0.1, 0.15) is 6.61 Å². The lowest BCUT2D eigenvalue weighted by Gasteiger charge is -2.36. The Kier molecular flexibility index (Phi) is 9.49. The molecule has 0 bridgehead atoms. The molecule has 1 aliphatic rings. The van der Waals surface area contributed by atoms with E-state index in [1.54, 1.807) is 13.1 Å². The normalized spacial score (nSPS) is 28.2. The number of Topliss-reactive ketones (excluding diaryl/α,β-unsaturated/α-hetero) is 2. The molecule has 1 amide bonds. The van der Waals surface area contributed by atoms with Crippen LogP contribution in [-0.4, -0.2) is 66.4 Å². The summed E-state index contributed by atoms with van der Waals surface area (Å²) in [6.45, 7) is 12.1. The van der Waals surface area contributed by atoms with Gasteiger partial charge in [-0.25, -0.2) is 4.79 Å². The Bertz CT molecular complexity index is 617. The smallest absolute Gasteiger partial charge is 0.409 e. The fraction of sp³-hybridized carbons (Fsp3) is 0.773. The molecule has 2 atom stereocenters. The average Bonchev–Trinajstić information content (AvgIpc) is 2.64. The standard InChI is InChI=1S/C22H39N3O4/c1-16(2)19(27)22(6)11-9-8-10-14-29-20(28)25(7)13-12-21(5,24-17(3)4)18(26)15-23-22/h8,10,16-17,23-24H,9,11-15H2,1-7H3/t21-,22+/m1/s1. The van der Waals surface area contributed by atoms with Gasteiger partial charge in [-0.3, -0.25) is 14.9 Å². The van der Waals surface area contributed by atoms with Crippen molar-refractivity contribution in [3.05, 3.63) is 12.2 Å². The van der Waals surface area contributed by atoms with Gasteiger partial charge in [0.15, 0.2) is 11.6 Å². The van der Waals surface area contributed by atoms with Gasteiger partial charge in [0, 0.05) is 25.6 Å². The Morgan fingerprint density at radius 3 is 2.41 bits per heavy atom. The molecule has 7 nitrogen and oxygen atoms in total. The van der Waals surface area contributed by atoms with Gasteiger partial charge in [0.05, 0.1) is 17.6 Å². The molecule has 0 unspecified atom stereocenters. The zero-order valence-electron chi connectivity index (χ0n) is 19.1. The molecule has 0 aliphatic carbocycles. The van der Waals surface area contributed by atoms with Gasteiger partial charge in [0.25, 0.3) is 0 Å². The third-order valence-electron chi connectivity index (χ3n) is 5.47. The lowest BCUT2D eigenvalue weighted by atomic mass is 9.84. The minimum absolute atomic E-state index is 0.0267. The number of carbonyl (C=O) groups is 3. The van der Waals surface area contributed by atoms with E-state index in [0.29, 0.717) is 25.8 Å². The first kappa shape index (κ1) is 25.3. The van der Waals surface area contributed by atoms with Gasteiger partial charge in [0.2, 0.25) is 0 Å². The molecular formula is C22H39N3O4. The fourth-order valence-electron chi connectivity index (χ4n) is 3.61. The number of cyclic esters (lactones) is 1. The Morgan fingerprint density at radius 2 is 1.83 bits per heavy atom. The van der Waals surface area contributed by atoms with Gasteiger partial charge in [-0.05, 0) is 47.0 Å². The lowest BCUT2D eigenvalue weighted by molar-refractivity contribution is -0.129. The molecule has 7 heteroatoms. The van der Waals surface area contributed by atoms with E-state index in [-0.39, 0.29) is 36.7 Å². The van der Waals surface area contributed by atoms with Crippen molar-refractivity contribution in [2.45, 2.75) is 77.9 Å². The van der Waals surface area contributed by atoms with Crippen LogP contribution >= 0.6 is 0 Å². The molecule has 1 heterocycles. The largest absolute Gasteiger partial charge is 0.445 e. The monoisotopic (exact) mass is 409 g/mol. The van der Waals surface area contributed by atoms with Crippen LogP contribution in [0.3, 0.4) is 0 Å². The Hall–Kier alpha value is -1.73. The number of amides is 1. The summed E-state index contributed by atoms with van der Waals surface area (Å²) in [7, 11) is 1.67. The van der Waals surface area contributed by atoms with E-state index in [9.17, 15) is 14.4 Å². The van der Waals surface area contributed by atoms with Crippen molar-refractivity contribution in [2.24, 2.45) is 5.92 Å². The molecule has 0 aromatic heterocycles. The van der Waals surface area contributed by atoms with Gasteiger partial charge >= 0.3 is 6.09 Å². The maximum absolute atomic E-state index is 13.2. The molecule has 166 valence electrons. The van der Waals surface area contributed by atoms with Crippen molar-refractivity contribution in [3.8, 4) is 0 Å². The minimum Gasteiger partial charge on any atom is -0.445 e. The van der Waals surface area contributed by atoms with Crippen LogP contribution in [-0.2, 0) is 14.3 Å². The molecule has 0 fully saturated rings. The minimum atomic E-state index is -0.823. The summed E-state index contributed by atoms with van der Waals surface area (Å²) in [4.78, 5) is 39.7. The van der Waals surface area contributed by atoms with Crippen LogP contribution in [0.25, 0.3) is 0 Å². The van der Waals surface area contributed by atoms with E-state index in [4.69, 9.17) is 4.74 Å². The number of carbonyl (C=O) groups excluding carboxylic acids is 3. The SMILES string of the molecule is CC(C)N[C@]1(C)CCN(C)C(=O)OCC=CCC[C@@](C)(C(=O)C(C)C)NCC1=O. The van der Waals surface area contributed by atoms with Gasteiger partial charge < -0.3 is 15.0 Å². The van der Waals surface area contributed by atoms with Crippen LogP contribution in [0.1, 0.15) is 60.8 Å². The summed E-state index contributed by atoms with van der Waals surface area (Å²) in [5.41, 5.74) is -1.61. The quantitative estimate of drug-likeness (QED) is 0.694. The van der Waals surface area contributed by atoms with Crippen LogP contribution in [0.5, 0.6) is 0 Å². The summed E-state index contributed by atoms with van der Waals surface area (Å²) in [6, 6.07) is 0.0937. The van der Waals surface area contributed by atoms with Gasteiger partial charge in [-0.2, -0.15) is 0 Å². The Balaban J connectivity index is 3.14. The highest BCUT2D eigenvalue weighted by atomic mass is 16.6. The average molecular weight is 410 g/mol. The van der Waals surface area contributed by atoms with Crippen molar-refractivity contribution < 1.29 is 19.1 Å². The van der Waals surface area contributed by atoms with E-state index in [1.165, 1.54) is 4.90 Å². The molecule has 0 radical (unpaired) electrons. The molecule has 0 saturated carbocycles. The number of hydrogen-bond donors (Lipinski definition) is 2. The molecular weight excluding hydrogens is 370 g/mol. The van der Waals surface area contributed by atoms with Crippen molar-refractivity contribution in [1.82, 2.24) is 15.5 Å². The molecule has 29 heavy (non-hydrogen) atoms. The Labute approximate surface area is 175 Å². The van der Waals surface area contributed by atoms with E-state index in [2.05, 4.69) is 10.6 Å². The number of ketones is 2. The van der Waals surface area contributed by atoms with Crippen molar-refractivity contribution >= 4 is 17.7 Å². The summed E-state index contributed by atoms with van der Waals surface area (Å²) in [6.07, 6.45) is 4.94. The van der Waals surface area contributed by atoms with Crippen molar-refractivity contribution in [2.75, 3.05) is 26.7 Å². The molecule has 2 N–H and O–H groups in total. The third kappa shape index (κ3) is 7.55. The zero-order chi connectivity index (χ0) is 22.2. The lowest BCUT2D eigenvalue weighted by Crippen LogP contribution is -2.59. The highest BCUT2D eigenvalue weighted by Gasteiger charge is 2.38. The predicted octanol–water partition coefficient (Wildman–Crippen LogP) is 2.69. The fourth-order valence-corrected chi connectivity index (χ4v) is 3.61. The van der Waals surface area contributed by atoms with E-state index >= 15 is 0 Å². The van der Waals surface area contributed by atoms with Gasteiger partial charge in [-0.1, -0.05) is 26.0 Å². The second-order valence-corrected chi connectivity index (χ2v) is 9.02. The number of rotatable bonds is 4. The second-order valence-electron chi connectivity index (χ2n) is 9.02. The number of ether oxygens (including phenoxy) is 1. The molecule has 0 saturated heterocycles. The maximum Gasteiger partial charge on any atom is 0.409 e. The number of hydrogen-bond acceptors (Lipinski definition) is 6. The first-order valence-corrected chi connectivity index (χ1v) is 10.5. The molecule has 0 aromatic rings. The molecule has 1 aliphatic heterocycles. The highest BCUT2D eigenvalue weighted by molar-refractivity contribution is 5.93. The van der Waals surface area contributed by atoms with E-state index < -0.39 is 17.2 Å². The number of nitrogens with one attached hydrogen (secondary N) is 2. The number of allylic oxidation sites excluding steroid dienone is 1. The zero-order valence-corrected chi connectivity index (χ0v) is 19.1. The van der Waals surface area contributed by atoms with Gasteiger partial charge in [-0.15, -0.1) is 0 Å². The molecule has 1 rings (SSSR count). The topological polar surface area (TPSA) is 87.7 Å². The van der Waals surface area contributed by atoms with Crippen LogP contribution in [0.2, 0.25) is 0 Å². The first-order chi connectivity index (χ1) is 13.4. The summed E-state index contributed by atoms with van der Waals surface area (Å²) >= 11 is 0. The summed E-state index contributed by atoms with van der Waals surface area (Å²) < 4.78 is 5.26. The Morgan fingerprint density at radius 1 is 1.17 bits per heavy atom. The third-order valence-corrected chi connectivity index (χ3v) is 5.47. The van der Waals surface area contributed by atoms with Crippen LogP contribution in [0.4, 0.5) is 4.79 Å². The highest BCUT2D eigenvalue weighted by Crippen LogP contribution is 2.21. The van der Waals surface area contributed by atoms with E-state index in [1.807, 2.05) is 47.6 Å². The summed E-state index contributed by atoms with van der Waals surface area (Å²) in [5, 5.41) is 6.61. The summed E-state index contributed by atoms with van der Waals surface area (Å²) in [5.74, 6) is -0.0719. The molecule has 0 spiro atoms. The molecule has 0 aromatic carbocycles. The van der Waals surface area contributed by atoms with Crippen molar-refractivity contribution in [3.63, 3.8) is 0 Å². The van der Waals surface area contributed by atoms with E-state index in [0.717, 1.165) is 0 Å². The first-order valence-electron chi connectivity index (χ1n) is 10.5. The van der Waals surface area contributed by atoms with Crippen molar-refractivity contribution in [1.29, 1.82) is 0 Å². The van der Waals surface area contributed by atoms with Crippen LogP contribution < -0.4 is 10.6 Å².